The lowest BCUT2D eigenvalue weighted by molar-refractivity contribution is -0.154. The van der Waals surface area contributed by atoms with E-state index in [0.717, 1.165) is 5.57 Å². The fourth-order valence-electron chi connectivity index (χ4n) is 5.51. The van der Waals surface area contributed by atoms with E-state index in [1.54, 1.807) is 13.0 Å². The van der Waals surface area contributed by atoms with Crippen LogP contribution in [0, 0.1) is 29.1 Å². The Hall–Kier alpha value is -1.49. The number of carbonyl (C=O) groups excluding carboxylic acids is 3. The molecule has 6 atom stereocenters. The minimum absolute atomic E-state index is 0.0203. The largest absolute Gasteiger partial charge is 0.466 e. The molecule has 0 unspecified atom stereocenters. The number of allylic oxidation sites excluding steroid dienone is 2. The van der Waals surface area contributed by atoms with E-state index in [1.165, 1.54) is 0 Å². The first-order valence-corrected chi connectivity index (χ1v) is 8.86. The molecule has 1 N–H and O–H groups in total. The number of rotatable bonds is 3. The summed E-state index contributed by atoms with van der Waals surface area (Å²) in [5, 5.41) is 10.5. The van der Waals surface area contributed by atoms with Crippen molar-refractivity contribution in [3.05, 3.63) is 11.6 Å². The van der Waals surface area contributed by atoms with Crippen molar-refractivity contribution in [3.63, 3.8) is 0 Å². The summed E-state index contributed by atoms with van der Waals surface area (Å²) in [4.78, 5) is 36.8. The summed E-state index contributed by atoms with van der Waals surface area (Å²) >= 11 is 0. The predicted octanol–water partition coefficient (Wildman–Crippen LogP) is 2.07. The van der Waals surface area contributed by atoms with Crippen LogP contribution in [0.25, 0.3) is 0 Å². The van der Waals surface area contributed by atoms with Gasteiger partial charge in [0.2, 0.25) is 0 Å². The monoisotopic (exact) mass is 334 g/mol. The molecule has 3 rings (SSSR count). The third-order valence-electron chi connectivity index (χ3n) is 6.64. The number of carbonyl (C=O) groups is 3. The molecule has 0 amide bonds. The van der Waals surface area contributed by atoms with Crippen molar-refractivity contribution in [1.29, 1.82) is 0 Å². The highest BCUT2D eigenvalue weighted by Crippen LogP contribution is 2.61. The first-order valence-electron chi connectivity index (χ1n) is 8.86. The molecule has 5 heteroatoms. The zero-order valence-electron chi connectivity index (χ0n) is 14.6. The average molecular weight is 334 g/mol. The highest BCUT2D eigenvalue weighted by molar-refractivity contribution is 5.95. The molecular weight excluding hydrogens is 308 g/mol. The molecule has 3 aliphatic carbocycles. The van der Waals surface area contributed by atoms with Crippen LogP contribution >= 0.6 is 0 Å². The molecule has 132 valence electrons. The molecule has 0 aromatic rings. The fraction of sp³-hybridized carbons (Fsp3) is 0.737. The van der Waals surface area contributed by atoms with Crippen molar-refractivity contribution in [2.75, 3.05) is 6.61 Å². The Labute approximate surface area is 142 Å². The quantitative estimate of drug-likeness (QED) is 0.799. The van der Waals surface area contributed by atoms with Gasteiger partial charge in [0.05, 0.1) is 19.1 Å². The smallest absolute Gasteiger partial charge is 0.306 e. The number of Topliss-reactive ketones (excluding diaryl/α,β-unsaturated/α-hetero) is 1. The van der Waals surface area contributed by atoms with Crippen LogP contribution in [-0.4, -0.2) is 35.4 Å². The molecule has 0 radical (unpaired) electrons. The van der Waals surface area contributed by atoms with Gasteiger partial charge in [0, 0.05) is 18.8 Å². The number of fused-ring (bicyclic) bond motifs is 3. The van der Waals surface area contributed by atoms with Gasteiger partial charge in [-0.2, -0.15) is 0 Å². The van der Waals surface area contributed by atoms with Crippen molar-refractivity contribution < 1.29 is 24.2 Å². The van der Waals surface area contributed by atoms with E-state index in [4.69, 9.17) is 4.74 Å². The summed E-state index contributed by atoms with van der Waals surface area (Å²) in [6.07, 6.45) is 2.40. The van der Waals surface area contributed by atoms with E-state index in [1.807, 2.05) is 13.8 Å². The van der Waals surface area contributed by atoms with Gasteiger partial charge < -0.3 is 9.84 Å². The second-order valence-electron chi connectivity index (χ2n) is 7.79. The first kappa shape index (κ1) is 17.3. The van der Waals surface area contributed by atoms with Crippen LogP contribution in [0.2, 0.25) is 0 Å². The van der Waals surface area contributed by atoms with Crippen LogP contribution in [-0.2, 0) is 19.1 Å². The Morgan fingerprint density at radius 3 is 2.75 bits per heavy atom. The molecular formula is C19H26O5. The summed E-state index contributed by atoms with van der Waals surface area (Å²) in [6, 6.07) is 0. The first-order chi connectivity index (χ1) is 11.3. The van der Waals surface area contributed by atoms with Gasteiger partial charge in [-0.05, 0) is 49.5 Å². The number of aliphatic hydroxyl groups is 1. The Kier molecular flexibility index (Phi) is 4.41. The van der Waals surface area contributed by atoms with Gasteiger partial charge in [0.1, 0.15) is 5.78 Å². The average Bonchev–Trinajstić information content (AvgIpc) is 2.90. The predicted molar refractivity (Wildman–Crippen MR) is 86.9 cm³/mol. The molecule has 3 aliphatic rings. The molecule has 0 bridgehead atoms. The number of hydrogen-bond acceptors (Lipinski definition) is 5. The number of hydrogen-bond donors (Lipinski definition) is 1. The van der Waals surface area contributed by atoms with Crippen LogP contribution in [0.15, 0.2) is 11.6 Å². The normalized spacial score (nSPS) is 41.5. The van der Waals surface area contributed by atoms with Gasteiger partial charge in [-0.25, -0.2) is 0 Å². The maximum absolute atomic E-state index is 12.6. The lowest BCUT2D eigenvalue weighted by Gasteiger charge is -2.55. The van der Waals surface area contributed by atoms with Crippen LogP contribution < -0.4 is 0 Å². The zero-order chi connectivity index (χ0) is 17.6. The molecule has 5 nitrogen and oxygen atoms in total. The van der Waals surface area contributed by atoms with E-state index in [9.17, 15) is 19.5 Å². The van der Waals surface area contributed by atoms with Gasteiger partial charge in [0.25, 0.3) is 0 Å². The number of aliphatic hydroxyl groups excluding tert-OH is 1. The van der Waals surface area contributed by atoms with Crippen molar-refractivity contribution in [2.24, 2.45) is 29.1 Å². The van der Waals surface area contributed by atoms with Crippen molar-refractivity contribution in [1.82, 2.24) is 0 Å². The van der Waals surface area contributed by atoms with E-state index in [2.05, 4.69) is 0 Å². The molecule has 0 aliphatic heterocycles. The standard InChI is InChI=1S/C19H26O5/c1-4-24-18(23)9-13-10(2)5-17(22)15-8-16(21)12-6-11(20)7-14(12)19(13,15)3/h5,12-16,21H,4,6-9H2,1-3H3/t12-,13+,14+,15-,16+,19+/m0/s1. The lowest BCUT2D eigenvalue weighted by atomic mass is 9.48. The van der Waals surface area contributed by atoms with Crippen LogP contribution in [0.3, 0.4) is 0 Å². The molecule has 24 heavy (non-hydrogen) atoms. The third-order valence-corrected chi connectivity index (χ3v) is 6.64. The summed E-state index contributed by atoms with van der Waals surface area (Å²) in [5.41, 5.74) is 0.417. The summed E-state index contributed by atoms with van der Waals surface area (Å²) < 4.78 is 5.13. The highest BCUT2D eigenvalue weighted by atomic mass is 16.5. The van der Waals surface area contributed by atoms with Crippen molar-refractivity contribution in [3.8, 4) is 0 Å². The third kappa shape index (κ3) is 2.53. The molecule has 2 fully saturated rings. The highest BCUT2D eigenvalue weighted by Gasteiger charge is 2.61. The van der Waals surface area contributed by atoms with Crippen molar-refractivity contribution in [2.45, 2.75) is 52.6 Å². The molecule has 0 aromatic heterocycles. The van der Waals surface area contributed by atoms with Gasteiger partial charge in [-0.1, -0.05) is 12.5 Å². The Morgan fingerprint density at radius 1 is 1.38 bits per heavy atom. The number of ketones is 2. The van der Waals surface area contributed by atoms with Gasteiger partial charge in [-0.15, -0.1) is 0 Å². The second kappa shape index (κ2) is 6.10. The van der Waals surface area contributed by atoms with Crippen molar-refractivity contribution >= 4 is 17.5 Å². The maximum Gasteiger partial charge on any atom is 0.306 e. The topological polar surface area (TPSA) is 80.7 Å². The molecule has 2 saturated carbocycles. The van der Waals surface area contributed by atoms with E-state index in [-0.39, 0.29) is 47.6 Å². The SMILES string of the molecule is CCOC(=O)C[C@@H]1C(C)=CC(=O)[C@@H]2C[C@@H](O)[C@H]3CC(=O)C[C@H]3[C@@]12C. The minimum Gasteiger partial charge on any atom is -0.466 e. The Morgan fingerprint density at radius 2 is 2.08 bits per heavy atom. The molecule has 0 aromatic carbocycles. The maximum atomic E-state index is 12.6. The van der Waals surface area contributed by atoms with Gasteiger partial charge in [0.15, 0.2) is 5.78 Å². The summed E-state index contributed by atoms with van der Waals surface area (Å²) in [7, 11) is 0. The molecule has 0 saturated heterocycles. The second-order valence-corrected chi connectivity index (χ2v) is 7.79. The zero-order valence-corrected chi connectivity index (χ0v) is 14.6. The van der Waals surface area contributed by atoms with E-state index in [0.29, 0.717) is 25.9 Å². The van der Waals surface area contributed by atoms with Crippen LogP contribution in [0.5, 0.6) is 0 Å². The van der Waals surface area contributed by atoms with E-state index >= 15 is 0 Å². The van der Waals surface area contributed by atoms with Gasteiger partial charge in [-0.3, -0.25) is 14.4 Å². The fourth-order valence-corrected chi connectivity index (χ4v) is 5.51. The molecule has 0 spiro atoms. The summed E-state index contributed by atoms with van der Waals surface area (Å²) in [6.45, 7) is 6.03. The lowest BCUT2D eigenvalue weighted by Crippen LogP contribution is -2.56. The van der Waals surface area contributed by atoms with Gasteiger partial charge >= 0.3 is 5.97 Å². The van der Waals surface area contributed by atoms with Crippen LogP contribution in [0.1, 0.15) is 46.5 Å². The Bertz CT molecular complexity index is 607. The van der Waals surface area contributed by atoms with E-state index < -0.39 is 11.5 Å². The molecule has 0 heterocycles. The van der Waals surface area contributed by atoms with Crippen LogP contribution in [0.4, 0.5) is 0 Å². The summed E-state index contributed by atoms with van der Waals surface area (Å²) in [5.74, 6) is -0.690. The Balaban J connectivity index is 2.01. The number of ether oxygens (including phenoxy) is 1. The minimum atomic E-state index is -0.612. The number of esters is 1.